The second-order valence-electron chi connectivity index (χ2n) is 5.82. The largest absolute Gasteiger partial charge is 0.388 e. The summed E-state index contributed by atoms with van der Waals surface area (Å²) >= 11 is 0. The average Bonchev–Trinajstić information content (AvgIpc) is 2.82. The zero-order chi connectivity index (χ0) is 12.9. The van der Waals surface area contributed by atoms with E-state index in [4.69, 9.17) is 5.73 Å². The summed E-state index contributed by atoms with van der Waals surface area (Å²) < 4.78 is 1.63. The first-order valence-corrected chi connectivity index (χ1v) is 6.55. The number of fused-ring (bicyclic) bond motifs is 2. The normalized spacial score (nSPS) is 38.0. The summed E-state index contributed by atoms with van der Waals surface area (Å²) in [4.78, 5) is 6.56. The van der Waals surface area contributed by atoms with Gasteiger partial charge in [-0.3, -0.25) is 4.68 Å². The monoisotopic (exact) mass is 251 g/mol. The maximum Gasteiger partial charge on any atom is 0.170 e. The van der Waals surface area contributed by atoms with E-state index in [1.54, 1.807) is 11.0 Å². The standard InChI is InChI=1S/C12H21N5O/c1-16-7-14-11(15-16)10(13)12(18)5-8-3-4-9(6-12)17(8)2/h7-10,18H,3-6,13H2,1-2H3. The first kappa shape index (κ1) is 12.1. The minimum atomic E-state index is -0.861. The molecule has 6 heteroatoms. The lowest BCUT2D eigenvalue weighted by molar-refractivity contribution is -0.0646. The summed E-state index contributed by atoms with van der Waals surface area (Å²) in [6, 6.07) is 0.405. The highest BCUT2D eigenvalue weighted by molar-refractivity contribution is 5.10. The predicted molar refractivity (Wildman–Crippen MR) is 66.7 cm³/mol. The third-order valence-corrected chi connectivity index (χ3v) is 4.64. The van der Waals surface area contributed by atoms with E-state index in [2.05, 4.69) is 22.0 Å². The molecule has 6 nitrogen and oxygen atoms in total. The van der Waals surface area contributed by atoms with Crippen LogP contribution in [0.4, 0.5) is 0 Å². The second-order valence-corrected chi connectivity index (χ2v) is 5.82. The van der Waals surface area contributed by atoms with Gasteiger partial charge in [0, 0.05) is 19.1 Å². The van der Waals surface area contributed by atoms with E-state index in [-0.39, 0.29) is 0 Å². The highest BCUT2D eigenvalue weighted by Crippen LogP contribution is 2.43. The van der Waals surface area contributed by atoms with E-state index in [0.29, 0.717) is 17.9 Å². The molecular weight excluding hydrogens is 230 g/mol. The molecule has 0 aliphatic carbocycles. The van der Waals surface area contributed by atoms with Crippen LogP contribution in [0.15, 0.2) is 6.33 Å². The number of nitrogens with zero attached hydrogens (tertiary/aromatic N) is 4. The Balaban J connectivity index is 1.83. The van der Waals surface area contributed by atoms with Crippen LogP contribution in [0.1, 0.15) is 37.5 Å². The maximum atomic E-state index is 10.9. The Labute approximate surface area is 107 Å². The molecule has 1 aromatic rings. The third-order valence-electron chi connectivity index (χ3n) is 4.64. The maximum absolute atomic E-state index is 10.9. The zero-order valence-corrected chi connectivity index (χ0v) is 11.0. The molecular formula is C12H21N5O. The quantitative estimate of drug-likeness (QED) is 0.761. The minimum Gasteiger partial charge on any atom is -0.388 e. The van der Waals surface area contributed by atoms with Crippen molar-refractivity contribution in [1.29, 1.82) is 0 Å². The van der Waals surface area contributed by atoms with Crippen LogP contribution in [0.3, 0.4) is 0 Å². The number of piperidine rings is 1. The number of hydrogen-bond acceptors (Lipinski definition) is 5. The van der Waals surface area contributed by atoms with E-state index in [1.165, 1.54) is 0 Å². The van der Waals surface area contributed by atoms with Crippen molar-refractivity contribution in [2.45, 2.75) is 49.4 Å². The van der Waals surface area contributed by atoms with Gasteiger partial charge in [0.15, 0.2) is 5.82 Å². The van der Waals surface area contributed by atoms with Crippen LogP contribution in [0.25, 0.3) is 0 Å². The molecule has 0 saturated carbocycles. The zero-order valence-electron chi connectivity index (χ0n) is 11.0. The molecule has 3 rings (SSSR count). The Kier molecular flexibility index (Phi) is 2.69. The molecule has 3 unspecified atom stereocenters. The van der Waals surface area contributed by atoms with Gasteiger partial charge in [0.05, 0.1) is 11.6 Å². The lowest BCUT2D eigenvalue weighted by Crippen LogP contribution is -2.54. The van der Waals surface area contributed by atoms with Gasteiger partial charge in [0.2, 0.25) is 0 Å². The highest BCUT2D eigenvalue weighted by atomic mass is 16.3. The smallest absolute Gasteiger partial charge is 0.170 e. The molecule has 3 atom stereocenters. The summed E-state index contributed by atoms with van der Waals surface area (Å²) in [7, 11) is 3.96. The van der Waals surface area contributed by atoms with E-state index < -0.39 is 11.6 Å². The molecule has 0 radical (unpaired) electrons. The Morgan fingerprint density at radius 1 is 1.39 bits per heavy atom. The van der Waals surface area contributed by atoms with Crippen molar-refractivity contribution in [3.8, 4) is 0 Å². The first-order valence-electron chi connectivity index (χ1n) is 6.55. The molecule has 100 valence electrons. The molecule has 2 fully saturated rings. The van der Waals surface area contributed by atoms with Crippen molar-refractivity contribution in [1.82, 2.24) is 19.7 Å². The molecule has 2 bridgehead atoms. The van der Waals surface area contributed by atoms with Crippen LogP contribution >= 0.6 is 0 Å². The third kappa shape index (κ3) is 1.75. The fourth-order valence-corrected chi connectivity index (χ4v) is 3.47. The van der Waals surface area contributed by atoms with Gasteiger partial charge in [-0.1, -0.05) is 0 Å². The molecule has 3 N–H and O–H groups in total. The van der Waals surface area contributed by atoms with Crippen molar-refractivity contribution in [2.24, 2.45) is 12.8 Å². The number of nitrogens with two attached hydrogens (primary N) is 1. The van der Waals surface area contributed by atoms with E-state index >= 15 is 0 Å². The van der Waals surface area contributed by atoms with Crippen molar-refractivity contribution in [3.63, 3.8) is 0 Å². The topological polar surface area (TPSA) is 80.2 Å². The number of aromatic nitrogens is 3. The van der Waals surface area contributed by atoms with Crippen LogP contribution < -0.4 is 5.73 Å². The Hall–Kier alpha value is -0.980. The van der Waals surface area contributed by atoms with Gasteiger partial charge < -0.3 is 15.7 Å². The van der Waals surface area contributed by atoms with Gasteiger partial charge in [0.1, 0.15) is 6.33 Å². The lowest BCUT2D eigenvalue weighted by atomic mass is 9.80. The van der Waals surface area contributed by atoms with Gasteiger partial charge in [-0.25, -0.2) is 4.98 Å². The molecule has 0 aromatic carbocycles. The van der Waals surface area contributed by atoms with Crippen LogP contribution in [-0.4, -0.2) is 49.5 Å². The van der Waals surface area contributed by atoms with Crippen LogP contribution in [0, 0.1) is 0 Å². The van der Waals surface area contributed by atoms with Crippen molar-refractivity contribution >= 4 is 0 Å². The van der Waals surface area contributed by atoms with Gasteiger partial charge >= 0.3 is 0 Å². The Bertz CT molecular complexity index is 431. The van der Waals surface area contributed by atoms with Crippen LogP contribution in [0.5, 0.6) is 0 Å². The number of aryl methyl sites for hydroxylation is 1. The van der Waals surface area contributed by atoms with Crippen molar-refractivity contribution in [2.75, 3.05) is 7.05 Å². The van der Waals surface area contributed by atoms with Gasteiger partial charge in [-0.15, -0.1) is 0 Å². The summed E-state index contributed by atoms with van der Waals surface area (Å²) in [6.07, 6.45) is 5.39. The average molecular weight is 251 g/mol. The van der Waals surface area contributed by atoms with Gasteiger partial charge in [0.25, 0.3) is 0 Å². The summed E-state index contributed by atoms with van der Waals surface area (Å²) in [5.74, 6) is 0.545. The van der Waals surface area contributed by atoms with Gasteiger partial charge in [-0.2, -0.15) is 5.10 Å². The van der Waals surface area contributed by atoms with Crippen molar-refractivity contribution in [3.05, 3.63) is 12.2 Å². The number of hydrogen-bond donors (Lipinski definition) is 2. The predicted octanol–water partition coefficient (Wildman–Crippen LogP) is -0.197. The van der Waals surface area contributed by atoms with E-state index in [1.807, 2.05) is 7.05 Å². The van der Waals surface area contributed by atoms with Gasteiger partial charge in [-0.05, 0) is 32.7 Å². The minimum absolute atomic E-state index is 0.448. The molecule has 1 aromatic heterocycles. The van der Waals surface area contributed by atoms with E-state index in [0.717, 1.165) is 25.7 Å². The second kappa shape index (κ2) is 4.01. The van der Waals surface area contributed by atoms with Crippen LogP contribution in [-0.2, 0) is 7.05 Å². The molecule has 2 aliphatic heterocycles. The fraction of sp³-hybridized carbons (Fsp3) is 0.833. The summed E-state index contributed by atoms with van der Waals surface area (Å²) in [5.41, 5.74) is 5.35. The van der Waals surface area contributed by atoms with E-state index in [9.17, 15) is 5.11 Å². The number of aliphatic hydroxyl groups is 1. The first-order chi connectivity index (χ1) is 8.49. The van der Waals surface area contributed by atoms with Crippen LogP contribution in [0.2, 0.25) is 0 Å². The summed E-state index contributed by atoms with van der Waals surface area (Å²) in [6.45, 7) is 0. The molecule has 0 amide bonds. The molecule has 18 heavy (non-hydrogen) atoms. The fourth-order valence-electron chi connectivity index (χ4n) is 3.47. The molecule has 0 spiro atoms. The Morgan fingerprint density at radius 3 is 2.50 bits per heavy atom. The molecule has 2 aliphatic rings. The molecule has 3 heterocycles. The SMILES string of the molecule is CN1C2CCC1CC(O)(C(N)c1ncn(C)n1)C2. The summed E-state index contributed by atoms with van der Waals surface area (Å²) in [5, 5.41) is 15.1. The highest BCUT2D eigenvalue weighted by Gasteiger charge is 2.50. The number of rotatable bonds is 2. The Morgan fingerprint density at radius 2 is 2.00 bits per heavy atom. The van der Waals surface area contributed by atoms with Crippen molar-refractivity contribution < 1.29 is 5.11 Å². The lowest BCUT2D eigenvalue weighted by Gasteiger charge is -2.44. The molecule has 2 saturated heterocycles.